The summed E-state index contributed by atoms with van der Waals surface area (Å²) >= 11 is 6.94. The summed E-state index contributed by atoms with van der Waals surface area (Å²) < 4.78 is 14.6. The summed E-state index contributed by atoms with van der Waals surface area (Å²) in [6, 6.07) is 12.1. The number of aliphatic hydroxyl groups excluding tert-OH is 1. The Labute approximate surface area is 249 Å². The van der Waals surface area contributed by atoms with Crippen LogP contribution in [0.2, 0.25) is 13.6 Å². The van der Waals surface area contributed by atoms with E-state index in [9.17, 15) is 15.2 Å². The van der Waals surface area contributed by atoms with Crippen molar-refractivity contribution in [1.82, 2.24) is 9.62 Å². The summed E-state index contributed by atoms with van der Waals surface area (Å²) in [5.74, 6) is 1.83. The second-order valence-electron chi connectivity index (χ2n) is 11.6. The van der Waals surface area contributed by atoms with Gasteiger partial charge >= 0.3 is 14.1 Å². The summed E-state index contributed by atoms with van der Waals surface area (Å²) in [6.45, 7) is 7.08. The summed E-state index contributed by atoms with van der Waals surface area (Å²) in [5, 5.41) is 29.7. The monoisotopic (exact) mass is 662 g/mol. The fourth-order valence-electron chi connectivity index (χ4n) is 6.37. The van der Waals surface area contributed by atoms with Gasteiger partial charge in [-0.05, 0) is 120 Å². The second-order valence-corrected chi connectivity index (χ2v) is 13.4. The zero-order valence-corrected chi connectivity index (χ0v) is 26.0. The molecule has 7 nitrogen and oxygen atoms in total. The van der Waals surface area contributed by atoms with Gasteiger partial charge in [-0.25, -0.2) is 0 Å². The Hall–Kier alpha value is -1.07. The molecule has 11 heteroatoms. The number of hydrogen-bond donors (Lipinski definition) is 3. The second kappa shape index (κ2) is 12.0. The number of hydrogen-bond acceptors (Lipinski definition) is 7. The zero-order chi connectivity index (χ0) is 27.8. The van der Waals surface area contributed by atoms with E-state index in [-0.39, 0.29) is 18.3 Å². The quantitative estimate of drug-likeness (QED) is 0.393. The molecule has 4 heterocycles. The lowest BCUT2D eigenvalue weighted by Crippen LogP contribution is -2.53. The van der Waals surface area contributed by atoms with Gasteiger partial charge < -0.3 is 34.3 Å². The average Bonchev–Trinajstić information content (AvgIpc) is 2.90. The number of ether oxygens (including phenoxy) is 2. The van der Waals surface area contributed by atoms with Gasteiger partial charge in [-0.15, -0.1) is 0 Å². The van der Waals surface area contributed by atoms with Gasteiger partial charge in [0, 0.05) is 20.9 Å². The Balaban J connectivity index is 0.000000158. The highest BCUT2D eigenvalue weighted by molar-refractivity contribution is 9.10. The van der Waals surface area contributed by atoms with E-state index in [1.54, 1.807) is 6.82 Å². The maximum Gasteiger partial charge on any atom is 0.376 e. The smallest absolute Gasteiger partial charge is 0.376 e. The molecule has 2 spiro atoms. The van der Waals surface area contributed by atoms with Crippen LogP contribution in [-0.2, 0) is 6.42 Å². The Morgan fingerprint density at radius 2 is 1.28 bits per heavy atom. The normalized spacial score (nSPS) is 23.5. The van der Waals surface area contributed by atoms with Crippen LogP contribution >= 0.6 is 31.9 Å². The van der Waals surface area contributed by atoms with E-state index in [1.165, 1.54) is 5.56 Å². The van der Waals surface area contributed by atoms with Crippen molar-refractivity contribution in [3.05, 3.63) is 56.5 Å². The lowest BCUT2D eigenvalue weighted by atomic mass is 9.76. The fraction of sp³-hybridized carbons (Fsp3) is 0.571. The number of aryl methyl sites for hydroxylation is 1. The van der Waals surface area contributed by atoms with E-state index in [4.69, 9.17) is 9.47 Å². The number of fused-ring (bicyclic) bond motifs is 2. The summed E-state index contributed by atoms with van der Waals surface area (Å²) in [5.41, 5.74) is 1.87. The molecule has 0 radical (unpaired) electrons. The van der Waals surface area contributed by atoms with Gasteiger partial charge in [0.1, 0.15) is 22.7 Å². The van der Waals surface area contributed by atoms with Crippen LogP contribution in [0.25, 0.3) is 0 Å². The van der Waals surface area contributed by atoms with Crippen molar-refractivity contribution in [2.24, 2.45) is 0 Å². The Morgan fingerprint density at radius 1 is 0.769 bits per heavy atom. The summed E-state index contributed by atoms with van der Waals surface area (Å²) in [7, 11) is -0.756. The highest BCUT2D eigenvalue weighted by Gasteiger charge is 2.44. The number of halogens is 2. The van der Waals surface area contributed by atoms with Crippen molar-refractivity contribution >= 4 is 46.0 Å². The van der Waals surface area contributed by atoms with Gasteiger partial charge in [-0.1, -0.05) is 31.9 Å². The van der Waals surface area contributed by atoms with Gasteiger partial charge in [0.05, 0.1) is 6.10 Å². The van der Waals surface area contributed by atoms with Crippen molar-refractivity contribution in [2.45, 2.75) is 75.9 Å². The molecule has 4 aliphatic rings. The molecule has 2 aromatic rings. The first-order chi connectivity index (χ1) is 18.6. The molecule has 0 bridgehead atoms. The molecule has 2 fully saturated rings. The van der Waals surface area contributed by atoms with Gasteiger partial charge in [-0.3, -0.25) is 0 Å². The van der Waals surface area contributed by atoms with Crippen molar-refractivity contribution in [3.63, 3.8) is 0 Å². The molecule has 6 rings (SSSR count). The zero-order valence-electron chi connectivity index (χ0n) is 22.8. The van der Waals surface area contributed by atoms with Crippen LogP contribution in [0.3, 0.4) is 0 Å². The largest absolute Gasteiger partial charge is 0.487 e. The van der Waals surface area contributed by atoms with Crippen molar-refractivity contribution in [3.8, 4) is 11.5 Å². The summed E-state index contributed by atoms with van der Waals surface area (Å²) in [6.07, 6.45) is 6.02. The Bertz CT molecular complexity index is 1150. The third kappa shape index (κ3) is 6.71. The van der Waals surface area contributed by atoms with Crippen LogP contribution in [0.1, 0.15) is 55.8 Å². The SMILES string of the molecule is CB(O)N1CCC2(CC1)CC(O)c1cc(Br)ccc1O2.CB(O)N1CCC2(CCc3cc(Br)ccc3O2)CC1. The molecule has 39 heavy (non-hydrogen) atoms. The first-order valence-electron chi connectivity index (χ1n) is 14.1. The van der Waals surface area contributed by atoms with Crippen molar-refractivity contribution < 1.29 is 24.6 Å². The van der Waals surface area contributed by atoms with E-state index in [0.717, 1.165) is 90.7 Å². The Kier molecular flexibility index (Phi) is 9.08. The maximum absolute atomic E-state index is 10.4. The lowest BCUT2D eigenvalue weighted by Gasteiger charge is -2.46. The first kappa shape index (κ1) is 29.4. The molecule has 0 saturated carbocycles. The predicted molar refractivity (Wildman–Crippen MR) is 162 cm³/mol. The van der Waals surface area contributed by atoms with Crippen molar-refractivity contribution in [1.29, 1.82) is 0 Å². The van der Waals surface area contributed by atoms with E-state index in [1.807, 2.05) is 35.9 Å². The first-order valence-corrected chi connectivity index (χ1v) is 15.6. The molecular weight excluding hydrogens is 626 g/mol. The van der Waals surface area contributed by atoms with Crippen LogP contribution in [-0.4, -0.2) is 76.3 Å². The number of piperidine rings is 2. The minimum Gasteiger partial charge on any atom is -0.487 e. The number of rotatable bonds is 2. The highest BCUT2D eigenvalue weighted by atomic mass is 79.9. The molecule has 0 aromatic heterocycles. The van der Waals surface area contributed by atoms with Crippen LogP contribution in [0.4, 0.5) is 0 Å². The third-order valence-corrected chi connectivity index (χ3v) is 9.88. The van der Waals surface area contributed by atoms with Gasteiger partial charge in [0.15, 0.2) is 0 Å². The fourth-order valence-corrected chi connectivity index (χ4v) is 7.16. The topological polar surface area (TPSA) is 85.6 Å². The molecule has 210 valence electrons. The maximum atomic E-state index is 10.4. The van der Waals surface area contributed by atoms with E-state index < -0.39 is 13.2 Å². The van der Waals surface area contributed by atoms with Gasteiger partial charge in [-0.2, -0.15) is 0 Å². The molecule has 2 saturated heterocycles. The van der Waals surface area contributed by atoms with E-state index in [0.29, 0.717) is 6.42 Å². The van der Waals surface area contributed by atoms with Crippen LogP contribution in [0.15, 0.2) is 45.3 Å². The van der Waals surface area contributed by atoms with Gasteiger partial charge in [0.25, 0.3) is 0 Å². The number of benzene rings is 2. The molecular formula is C28H38B2Br2N2O5. The average molecular weight is 664 g/mol. The minimum atomic E-state index is -0.477. The third-order valence-electron chi connectivity index (χ3n) is 8.90. The van der Waals surface area contributed by atoms with Crippen molar-refractivity contribution in [2.75, 3.05) is 26.2 Å². The summed E-state index contributed by atoms with van der Waals surface area (Å²) in [4.78, 5) is 4.16. The van der Waals surface area contributed by atoms with Crippen LogP contribution in [0.5, 0.6) is 11.5 Å². The lowest BCUT2D eigenvalue weighted by molar-refractivity contribution is -0.0454. The molecule has 3 N–H and O–H groups in total. The minimum absolute atomic E-state index is 0.00772. The molecule has 1 unspecified atom stereocenters. The molecule has 0 aliphatic carbocycles. The van der Waals surface area contributed by atoms with E-state index in [2.05, 4.69) is 48.8 Å². The number of nitrogens with zero attached hydrogens (tertiary/aromatic N) is 2. The highest BCUT2D eigenvalue weighted by Crippen LogP contribution is 2.45. The van der Waals surface area contributed by atoms with Gasteiger partial charge in [0.2, 0.25) is 0 Å². The molecule has 4 aliphatic heterocycles. The number of aliphatic hydroxyl groups is 1. The Morgan fingerprint density at radius 3 is 1.87 bits per heavy atom. The van der Waals surface area contributed by atoms with Crippen LogP contribution < -0.4 is 9.47 Å². The molecule has 1 atom stereocenters. The standard InChI is InChI=1S/C14H19BBrNO3.C14H19BBrNO2/c1-15(19)17-6-4-14(5-7-17)9-12(18)11-8-10(16)2-3-13(11)20-14;1-15(18)17-8-6-14(7-9-17)5-4-11-10-12(16)2-3-13(11)19-14/h2-3,8,12,18-19H,4-7,9H2,1H3;2-3,10,18H,4-9H2,1H3. The molecule has 2 aromatic carbocycles. The molecule has 0 amide bonds. The predicted octanol–water partition coefficient (Wildman–Crippen LogP) is 4.93. The van der Waals surface area contributed by atoms with Crippen LogP contribution in [0, 0.1) is 0 Å². The van der Waals surface area contributed by atoms with E-state index >= 15 is 0 Å².